The number of nitrogens with zero attached hydrogens (tertiary/aromatic N) is 1. The van der Waals surface area contributed by atoms with Crippen molar-refractivity contribution in [2.24, 2.45) is 5.73 Å². The number of hydrogen-bond donors (Lipinski definition) is 3. The van der Waals surface area contributed by atoms with E-state index in [0.717, 1.165) is 24.8 Å². The number of amides is 3. The fourth-order valence-electron chi connectivity index (χ4n) is 1.53. The quantitative estimate of drug-likeness (QED) is 0.562. The smallest absolute Gasteiger partial charge is 0.346 e. The van der Waals surface area contributed by atoms with Gasteiger partial charge in [-0.1, -0.05) is 31.5 Å². The van der Waals surface area contributed by atoms with Crippen molar-refractivity contribution in [3.63, 3.8) is 0 Å². The summed E-state index contributed by atoms with van der Waals surface area (Å²) in [5, 5.41) is 9.14. The molecule has 0 fully saturated rings. The van der Waals surface area contributed by atoms with Crippen molar-refractivity contribution >= 4 is 11.9 Å². The van der Waals surface area contributed by atoms with Gasteiger partial charge in [-0.3, -0.25) is 10.0 Å². The highest BCUT2D eigenvalue weighted by Crippen LogP contribution is 2.14. The summed E-state index contributed by atoms with van der Waals surface area (Å²) in [6.07, 6.45) is 2.67. The number of carbonyl (C=O) groups excluding carboxylic acids is 2. The van der Waals surface area contributed by atoms with Crippen LogP contribution < -0.4 is 11.9 Å². The van der Waals surface area contributed by atoms with Gasteiger partial charge in [0.2, 0.25) is 0 Å². The van der Waals surface area contributed by atoms with Crippen LogP contribution in [0.5, 0.6) is 0 Å². The van der Waals surface area contributed by atoms with Gasteiger partial charge in [0.15, 0.2) is 0 Å². The van der Waals surface area contributed by atoms with E-state index in [1.54, 1.807) is 18.2 Å². The second-order valence-corrected chi connectivity index (χ2v) is 3.72. The molecular weight excluding hydrogens is 234 g/mol. The molecule has 1 rings (SSSR count). The average molecular weight is 253 g/mol. The lowest BCUT2D eigenvalue weighted by atomic mass is 10.0. The van der Waals surface area contributed by atoms with Crippen LogP contribution in [0, 0.1) is 0 Å². The summed E-state index contributed by atoms with van der Waals surface area (Å²) >= 11 is 0. The van der Waals surface area contributed by atoms with E-state index in [1.807, 2.05) is 13.0 Å². The Labute approximate surface area is 106 Å². The molecule has 18 heavy (non-hydrogen) atoms. The predicted molar refractivity (Wildman–Crippen MR) is 67.6 cm³/mol. The molecule has 0 saturated carbocycles. The molecule has 0 atom stereocenters. The molecule has 6 heteroatoms. The zero-order valence-electron chi connectivity index (χ0n) is 10.4. The molecule has 100 valence electrons. The summed E-state index contributed by atoms with van der Waals surface area (Å²) in [6, 6.07) is 5.68. The van der Waals surface area contributed by atoms with Crippen LogP contribution in [-0.4, -0.2) is 22.2 Å². The van der Waals surface area contributed by atoms with E-state index in [2.05, 4.69) is 0 Å². The zero-order chi connectivity index (χ0) is 12.8. The Morgan fingerprint density at radius 2 is 1.94 bits per heavy atom. The molecule has 0 saturated heterocycles. The third-order valence-electron chi connectivity index (χ3n) is 2.45. The van der Waals surface area contributed by atoms with E-state index >= 15 is 0 Å². The number of primary amides is 1. The van der Waals surface area contributed by atoms with Gasteiger partial charge in [0, 0.05) is 5.56 Å². The number of urea groups is 1. The maximum absolute atomic E-state index is 11.7. The Morgan fingerprint density at radius 3 is 2.50 bits per heavy atom. The molecule has 0 aliphatic rings. The number of nitrogens with two attached hydrogens (primary N) is 1. The van der Waals surface area contributed by atoms with Crippen LogP contribution in [0.2, 0.25) is 0 Å². The van der Waals surface area contributed by atoms with Gasteiger partial charge in [-0.05, 0) is 24.5 Å². The number of hydroxylamine groups is 2. The van der Waals surface area contributed by atoms with E-state index in [0.29, 0.717) is 5.56 Å². The lowest BCUT2D eigenvalue weighted by Crippen LogP contribution is -2.38. The van der Waals surface area contributed by atoms with Crippen molar-refractivity contribution in [2.45, 2.75) is 26.2 Å². The van der Waals surface area contributed by atoms with Crippen molar-refractivity contribution in [3.05, 3.63) is 35.4 Å². The first-order valence-electron chi connectivity index (χ1n) is 5.48. The second kappa shape index (κ2) is 7.41. The minimum atomic E-state index is -1.18. The van der Waals surface area contributed by atoms with Crippen molar-refractivity contribution in [2.75, 3.05) is 0 Å². The summed E-state index contributed by atoms with van der Waals surface area (Å²) < 4.78 is 0. The number of rotatable bonds is 4. The number of carbonyl (C=O) groups is 2. The molecule has 0 unspecified atom stereocenters. The molecule has 0 heterocycles. The molecule has 0 bridgehead atoms. The Kier molecular flexibility index (Phi) is 6.62. The van der Waals surface area contributed by atoms with E-state index in [-0.39, 0.29) is 11.2 Å². The fourth-order valence-corrected chi connectivity index (χ4v) is 1.53. The summed E-state index contributed by atoms with van der Waals surface area (Å²) in [7, 11) is 0. The average Bonchev–Trinajstić information content (AvgIpc) is 2.34. The van der Waals surface area contributed by atoms with Crippen molar-refractivity contribution < 1.29 is 14.8 Å². The van der Waals surface area contributed by atoms with E-state index in [1.165, 1.54) is 0 Å². The van der Waals surface area contributed by atoms with Gasteiger partial charge in [-0.2, -0.15) is 0 Å². The van der Waals surface area contributed by atoms with E-state index in [9.17, 15) is 14.8 Å². The minimum Gasteiger partial charge on any atom is -0.349 e. The SMILES string of the molecule is CCCCc1ccccc1C(=O)N(O)C(N)=O.N. The maximum atomic E-state index is 11.7. The normalized spacial score (nSPS) is 9.44. The summed E-state index contributed by atoms with van der Waals surface area (Å²) in [4.78, 5) is 22.5. The molecule has 6 N–H and O–H groups in total. The molecule has 0 radical (unpaired) electrons. The number of aryl methyl sites for hydroxylation is 1. The van der Waals surface area contributed by atoms with Crippen LogP contribution in [0.25, 0.3) is 0 Å². The third-order valence-corrected chi connectivity index (χ3v) is 2.45. The molecule has 6 nitrogen and oxygen atoms in total. The van der Waals surface area contributed by atoms with Crippen molar-refractivity contribution in [1.29, 1.82) is 0 Å². The van der Waals surface area contributed by atoms with Crippen molar-refractivity contribution in [3.8, 4) is 0 Å². The van der Waals surface area contributed by atoms with Crippen molar-refractivity contribution in [1.82, 2.24) is 11.2 Å². The Morgan fingerprint density at radius 1 is 1.33 bits per heavy atom. The monoisotopic (exact) mass is 253 g/mol. The third kappa shape index (κ3) is 3.83. The maximum Gasteiger partial charge on any atom is 0.346 e. The highest BCUT2D eigenvalue weighted by Gasteiger charge is 2.20. The first-order valence-corrected chi connectivity index (χ1v) is 5.48. The molecule has 0 aliphatic carbocycles. The lowest BCUT2D eigenvalue weighted by molar-refractivity contribution is -0.0203. The molecule has 0 spiro atoms. The standard InChI is InChI=1S/C12H16N2O3.H3N/c1-2-3-6-9-7-4-5-8-10(9)11(15)14(17)12(13)16;/h4-5,7-8,17H,2-3,6H2,1H3,(H2,13,16);1H3. The van der Waals surface area contributed by atoms with E-state index < -0.39 is 11.9 Å². The Bertz CT molecular complexity index is 421. The number of benzene rings is 1. The summed E-state index contributed by atoms with van der Waals surface area (Å²) in [6.45, 7) is 2.05. The lowest BCUT2D eigenvalue weighted by Gasteiger charge is -2.13. The van der Waals surface area contributed by atoms with Crippen LogP contribution >= 0.6 is 0 Å². The molecule has 1 aromatic carbocycles. The van der Waals surface area contributed by atoms with Gasteiger partial charge in [0.05, 0.1) is 0 Å². The van der Waals surface area contributed by atoms with Gasteiger partial charge in [0.1, 0.15) is 0 Å². The summed E-state index contributed by atoms with van der Waals surface area (Å²) in [5.41, 5.74) is 5.95. The van der Waals surface area contributed by atoms with Crippen LogP contribution in [0.3, 0.4) is 0 Å². The second-order valence-electron chi connectivity index (χ2n) is 3.72. The first-order chi connectivity index (χ1) is 8.07. The van der Waals surface area contributed by atoms with Crippen LogP contribution in [0.1, 0.15) is 35.7 Å². The number of imide groups is 1. The first kappa shape index (κ1) is 16.1. The number of unbranched alkanes of at least 4 members (excludes halogenated alkanes) is 1. The molecular formula is C12H19N3O3. The molecule has 0 aromatic heterocycles. The van der Waals surface area contributed by atoms with Gasteiger partial charge in [0.25, 0.3) is 5.91 Å². The van der Waals surface area contributed by atoms with Crippen LogP contribution in [-0.2, 0) is 6.42 Å². The Hall–Kier alpha value is -1.92. The van der Waals surface area contributed by atoms with Gasteiger partial charge in [-0.15, -0.1) is 5.06 Å². The van der Waals surface area contributed by atoms with Crippen LogP contribution in [0.15, 0.2) is 24.3 Å². The van der Waals surface area contributed by atoms with Crippen LogP contribution in [0.4, 0.5) is 4.79 Å². The molecule has 3 amide bonds. The Balaban J connectivity index is 0.00000289. The minimum absolute atomic E-state index is 0. The molecule has 0 aliphatic heterocycles. The topological polar surface area (TPSA) is 119 Å². The van der Waals surface area contributed by atoms with Gasteiger partial charge >= 0.3 is 6.03 Å². The summed E-state index contributed by atoms with van der Waals surface area (Å²) in [5.74, 6) is -0.788. The van der Waals surface area contributed by atoms with E-state index in [4.69, 9.17) is 5.73 Å². The highest BCUT2D eigenvalue weighted by atomic mass is 16.5. The van der Waals surface area contributed by atoms with Gasteiger partial charge < -0.3 is 11.9 Å². The zero-order valence-corrected chi connectivity index (χ0v) is 10.4. The molecule has 1 aromatic rings. The number of hydrogen-bond acceptors (Lipinski definition) is 4. The predicted octanol–water partition coefficient (Wildman–Crippen LogP) is 2.10. The van der Waals surface area contributed by atoms with Gasteiger partial charge in [-0.25, -0.2) is 4.79 Å². The fraction of sp³-hybridized carbons (Fsp3) is 0.333. The highest BCUT2D eigenvalue weighted by molar-refractivity contribution is 6.03. The largest absolute Gasteiger partial charge is 0.349 e.